The third-order valence-corrected chi connectivity index (χ3v) is 3.61. The molecule has 1 heterocycles. The molecule has 0 amide bonds. The molecule has 0 aromatic heterocycles. The van der Waals surface area contributed by atoms with Crippen molar-refractivity contribution in [1.82, 2.24) is 0 Å². The maximum absolute atomic E-state index is 5.64. The second-order valence-corrected chi connectivity index (χ2v) is 5.76. The first kappa shape index (κ1) is 19.1. The van der Waals surface area contributed by atoms with Crippen molar-refractivity contribution in [3.05, 3.63) is 0 Å². The van der Waals surface area contributed by atoms with Crippen LogP contribution in [0.1, 0.15) is 77.0 Å². The molecule has 0 aliphatic carbocycles. The molecule has 1 aliphatic heterocycles. The van der Waals surface area contributed by atoms with Crippen LogP contribution >= 0.6 is 0 Å². The highest BCUT2D eigenvalue weighted by atomic mass is 16.5. The van der Waals surface area contributed by atoms with E-state index < -0.39 is 0 Å². The van der Waals surface area contributed by atoms with Crippen LogP contribution in [0.4, 0.5) is 0 Å². The molecule has 1 aliphatic rings. The number of hydrogen-bond donors (Lipinski definition) is 0. The molecule has 0 spiro atoms. The molecular formula is C20H32O2. The quantitative estimate of drug-likeness (QED) is 0.603. The molecule has 0 bridgehead atoms. The second-order valence-electron chi connectivity index (χ2n) is 5.76. The van der Waals surface area contributed by atoms with Gasteiger partial charge in [-0.05, 0) is 51.4 Å². The van der Waals surface area contributed by atoms with Crippen molar-refractivity contribution < 1.29 is 9.47 Å². The van der Waals surface area contributed by atoms with Crippen molar-refractivity contribution in [2.24, 2.45) is 0 Å². The molecule has 0 N–H and O–H groups in total. The molecular weight excluding hydrogens is 272 g/mol. The monoisotopic (exact) mass is 304 g/mol. The van der Waals surface area contributed by atoms with Crippen molar-refractivity contribution in [3.8, 4) is 23.7 Å². The topological polar surface area (TPSA) is 18.5 Å². The fourth-order valence-electron chi connectivity index (χ4n) is 2.23. The summed E-state index contributed by atoms with van der Waals surface area (Å²) in [5.41, 5.74) is 0. The van der Waals surface area contributed by atoms with Crippen molar-refractivity contribution in [1.29, 1.82) is 0 Å². The summed E-state index contributed by atoms with van der Waals surface area (Å²) in [6.07, 6.45) is 13.2. The molecule has 0 radical (unpaired) electrons. The van der Waals surface area contributed by atoms with Crippen molar-refractivity contribution in [2.75, 3.05) is 26.4 Å². The van der Waals surface area contributed by atoms with Gasteiger partial charge >= 0.3 is 0 Å². The van der Waals surface area contributed by atoms with Crippen LogP contribution in [-0.4, -0.2) is 26.4 Å². The largest absolute Gasteiger partial charge is 0.381 e. The van der Waals surface area contributed by atoms with Crippen LogP contribution in [0.2, 0.25) is 0 Å². The van der Waals surface area contributed by atoms with Gasteiger partial charge in [-0.2, -0.15) is 0 Å². The minimum absolute atomic E-state index is 0.880. The van der Waals surface area contributed by atoms with Crippen molar-refractivity contribution >= 4 is 0 Å². The summed E-state index contributed by atoms with van der Waals surface area (Å²) < 4.78 is 11.3. The van der Waals surface area contributed by atoms with E-state index in [1.165, 1.54) is 0 Å². The van der Waals surface area contributed by atoms with Gasteiger partial charge in [-0.1, -0.05) is 0 Å². The Kier molecular flexibility index (Phi) is 14.2. The fraction of sp³-hybridized carbons (Fsp3) is 0.800. The van der Waals surface area contributed by atoms with Crippen LogP contribution in [0, 0.1) is 23.7 Å². The third kappa shape index (κ3) is 14.0. The van der Waals surface area contributed by atoms with Gasteiger partial charge in [0.1, 0.15) is 0 Å². The van der Waals surface area contributed by atoms with E-state index in [4.69, 9.17) is 9.47 Å². The Morgan fingerprint density at radius 3 is 0.909 bits per heavy atom. The molecule has 2 heteroatoms. The zero-order chi connectivity index (χ0) is 15.6. The van der Waals surface area contributed by atoms with Crippen LogP contribution in [0.25, 0.3) is 0 Å². The molecule has 0 aromatic rings. The summed E-state index contributed by atoms with van der Waals surface area (Å²) in [4.78, 5) is 0. The number of rotatable bonds is 0. The van der Waals surface area contributed by atoms with E-state index in [0.717, 1.165) is 103 Å². The highest BCUT2D eigenvalue weighted by Crippen LogP contribution is 2.01. The van der Waals surface area contributed by atoms with Crippen molar-refractivity contribution in [2.45, 2.75) is 77.0 Å². The molecule has 2 nitrogen and oxygen atoms in total. The molecule has 0 saturated carbocycles. The van der Waals surface area contributed by atoms with E-state index in [1.54, 1.807) is 0 Å². The lowest BCUT2D eigenvalue weighted by Crippen LogP contribution is -1.97. The van der Waals surface area contributed by atoms with E-state index in [2.05, 4.69) is 23.7 Å². The average molecular weight is 304 g/mol. The van der Waals surface area contributed by atoms with E-state index in [1.807, 2.05) is 0 Å². The van der Waals surface area contributed by atoms with E-state index in [0.29, 0.717) is 0 Å². The van der Waals surface area contributed by atoms with E-state index in [-0.39, 0.29) is 0 Å². The van der Waals surface area contributed by atoms with Gasteiger partial charge in [-0.3, -0.25) is 0 Å². The second kappa shape index (κ2) is 16.4. The van der Waals surface area contributed by atoms with Gasteiger partial charge in [0.05, 0.1) is 0 Å². The highest BCUT2D eigenvalue weighted by Gasteiger charge is 1.92. The number of ether oxygens (including phenoxy) is 2. The molecule has 0 aromatic carbocycles. The summed E-state index contributed by atoms with van der Waals surface area (Å²) in [6.45, 7) is 3.52. The summed E-state index contributed by atoms with van der Waals surface area (Å²) in [5, 5.41) is 0. The Morgan fingerprint density at radius 2 is 0.636 bits per heavy atom. The van der Waals surface area contributed by atoms with Gasteiger partial charge in [-0.25, -0.2) is 0 Å². The van der Waals surface area contributed by atoms with Crippen LogP contribution in [0.5, 0.6) is 0 Å². The molecule has 0 atom stereocenters. The molecule has 0 saturated heterocycles. The first-order valence-corrected chi connectivity index (χ1v) is 9.07. The van der Waals surface area contributed by atoms with Crippen LogP contribution in [0.15, 0.2) is 0 Å². The minimum Gasteiger partial charge on any atom is -0.381 e. The first-order valence-electron chi connectivity index (χ1n) is 9.07. The highest BCUT2D eigenvalue weighted by molar-refractivity contribution is 4.99. The zero-order valence-corrected chi connectivity index (χ0v) is 14.1. The van der Waals surface area contributed by atoms with Crippen LogP contribution in [0.3, 0.4) is 0 Å². The molecule has 0 fully saturated rings. The molecule has 124 valence electrons. The summed E-state index contributed by atoms with van der Waals surface area (Å²) >= 11 is 0. The third-order valence-electron chi connectivity index (χ3n) is 3.61. The molecule has 22 heavy (non-hydrogen) atoms. The van der Waals surface area contributed by atoms with Gasteiger partial charge in [0.15, 0.2) is 0 Å². The normalized spacial score (nSPS) is 21.1. The van der Waals surface area contributed by atoms with Gasteiger partial charge < -0.3 is 9.47 Å². The maximum atomic E-state index is 5.64. The van der Waals surface area contributed by atoms with Gasteiger partial charge in [0.25, 0.3) is 0 Å². The Labute approximate surface area is 137 Å². The Bertz CT molecular complexity index is 289. The van der Waals surface area contributed by atoms with Gasteiger partial charge in [0.2, 0.25) is 0 Å². The van der Waals surface area contributed by atoms with E-state index in [9.17, 15) is 0 Å². The SMILES string of the molecule is C1#CCCCCOCCCCC#CCCCCOCCCC1. The number of hydrogen-bond acceptors (Lipinski definition) is 2. The predicted molar refractivity (Wildman–Crippen MR) is 92.6 cm³/mol. The Hall–Kier alpha value is -0.960. The predicted octanol–water partition coefficient (Wildman–Crippen LogP) is 4.72. The lowest BCUT2D eigenvalue weighted by molar-refractivity contribution is 0.127. The zero-order valence-electron chi connectivity index (χ0n) is 14.1. The maximum Gasteiger partial charge on any atom is 0.0466 e. The molecule has 1 rings (SSSR count). The fourth-order valence-corrected chi connectivity index (χ4v) is 2.23. The summed E-state index contributed by atoms with van der Waals surface area (Å²) in [7, 11) is 0. The van der Waals surface area contributed by atoms with Crippen LogP contribution in [-0.2, 0) is 9.47 Å². The average Bonchev–Trinajstić information content (AvgIpc) is 2.53. The lowest BCUT2D eigenvalue weighted by atomic mass is 10.2. The minimum atomic E-state index is 0.880. The van der Waals surface area contributed by atoms with Gasteiger partial charge in [-0.15, -0.1) is 23.7 Å². The van der Waals surface area contributed by atoms with E-state index >= 15 is 0 Å². The Morgan fingerprint density at radius 1 is 0.364 bits per heavy atom. The first-order chi connectivity index (χ1) is 11.0. The van der Waals surface area contributed by atoms with Crippen LogP contribution < -0.4 is 0 Å². The standard InChI is InChI=1S/C20H32O2/c1-2-6-10-14-18-22-20-16-12-8-4-3-7-11-15-19-21-17-13-9-5-1/h5-20H2. The lowest BCUT2D eigenvalue weighted by Gasteiger charge is -2.02. The van der Waals surface area contributed by atoms with Crippen molar-refractivity contribution in [3.63, 3.8) is 0 Å². The Balaban J connectivity index is 2.13. The van der Waals surface area contributed by atoms with Gasteiger partial charge in [0, 0.05) is 52.1 Å². The summed E-state index contributed by atoms with van der Waals surface area (Å²) in [6, 6.07) is 0. The smallest absolute Gasteiger partial charge is 0.0466 e. The summed E-state index contributed by atoms with van der Waals surface area (Å²) in [5.74, 6) is 13.0. The molecule has 0 unspecified atom stereocenters.